The molecule has 0 spiro atoms. The molecule has 3 rings (SSSR count). The molecule has 1 atom stereocenters. The Hall–Kier alpha value is -2.87. The van der Waals surface area contributed by atoms with Gasteiger partial charge in [0.15, 0.2) is 0 Å². The Morgan fingerprint density at radius 1 is 1.32 bits per heavy atom. The van der Waals surface area contributed by atoms with Gasteiger partial charge in [-0.15, -0.1) is 0 Å². The van der Waals surface area contributed by atoms with Gasteiger partial charge in [0.2, 0.25) is 5.88 Å². The third-order valence-electron chi connectivity index (χ3n) is 5.18. The molecular formula is C24H27ClF3N3O6S. The van der Waals surface area contributed by atoms with Gasteiger partial charge in [0.05, 0.1) is 17.8 Å². The lowest BCUT2D eigenvalue weighted by molar-refractivity contribution is -0.137. The predicted octanol–water partition coefficient (Wildman–Crippen LogP) is 4.87. The molecule has 38 heavy (non-hydrogen) atoms. The van der Waals surface area contributed by atoms with Gasteiger partial charge in [-0.3, -0.25) is 4.79 Å². The van der Waals surface area contributed by atoms with Crippen LogP contribution in [0.2, 0.25) is 5.02 Å². The van der Waals surface area contributed by atoms with Gasteiger partial charge in [0, 0.05) is 36.6 Å². The number of nitrogens with one attached hydrogen (secondary N) is 2. The Bertz CT molecular complexity index is 1300. The van der Waals surface area contributed by atoms with Gasteiger partial charge in [-0.1, -0.05) is 11.6 Å². The zero-order valence-electron chi connectivity index (χ0n) is 20.8. The molecule has 0 bridgehead atoms. The molecule has 1 aliphatic rings. The van der Waals surface area contributed by atoms with Crippen molar-refractivity contribution in [3.8, 4) is 17.4 Å². The molecule has 14 heteroatoms. The highest BCUT2D eigenvalue weighted by atomic mass is 35.5. The van der Waals surface area contributed by atoms with Gasteiger partial charge in [-0.2, -0.15) is 26.3 Å². The van der Waals surface area contributed by atoms with Crippen LogP contribution in [-0.2, 0) is 25.9 Å². The maximum atomic E-state index is 13.0. The summed E-state index contributed by atoms with van der Waals surface area (Å²) in [5, 5.41) is -0.386. The maximum Gasteiger partial charge on any atom is 0.417 e. The smallest absolute Gasteiger partial charge is 0.417 e. The second kappa shape index (κ2) is 12.3. The predicted molar refractivity (Wildman–Crippen MR) is 134 cm³/mol. The summed E-state index contributed by atoms with van der Waals surface area (Å²) >= 11 is 5.99. The van der Waals surface area contributed by atoms with E-state index in [1.807, 2.05) is 4.72 Å². The van der Waals surface area contributed by atoms with E-state index in [9.17, 15) is 26.4 Å². The number of aromatic nitrogens is 1. The fourth-order valence-corrected chi connectivity index (χ4v) is 4.46. The minimum Gasteiger partial charge on any atom is -0.491 e. The monoisotopic (exact) mass is 577 g/mol. The number of rotatable bonds is 10. The zero-order valence-corrected chi connectivity index (χ0v) is 22.3. The third kappa shape index (κ3) is 8.58. The van der Waals surface area contributed by atoms with E-state index in [0.717, 1.165) is 6.42 Å². The first-order chi connectivity index (χ1) is 17.7. The summed E-state index contributed by atoms with van der Waals surface area (Å²) in [4.78, 5) is 16.3. The van der Waals surface area contributed by atoms with Gasteiger partial charge in [-0.05, 0) is 57.9 Å². The normalized spacial score (nSPS) is 16.5. The van der Waals surface area contributed by atoms with Gasteiger partial charge in [-0.25, -0.2) is 9.71 Å². The number of hydrogen-bond acceptors (Lipinski definition) is 7. The standard InChI is InChI=1S/C24H27ClF3N3O6S/c1-14(2)36-18-7-6-16(21(11-18)37-23-20(25)10-17(12-29-23)24(26,27)28)9-15(3)22(32)31-38(33,34)30-13-19-5-4-8-35-19/h6-7,9-12,14,19,30H,4-5,8,13H2,1-3H3,(H,31,32). The molecule has 1 unspecified atom stereocenters. The van der Waals surface area contributed by atoms with Crippen LogP contribution < -0.4 is 18.9 Å². The van der Waals surface area contributed by atoms with E-state index in [4.69, 9.17) is 25.8 Å². The van der Waals surface area contributed by atoms with Gasteiger partial charge >= 0.3 is 16.4 Å². The second-order valence-electron chi connectivity index (χ2n) is 8.72. The topological polar surface area (TPSA) is 116 Å². The summed E-state index contributed by atoms with van der Waals surface area (Å²) in [7, 11) is -4.15. The molecule has 0 aliphatic carbocycles. The Morgan fingerprint density at radius 2 is 2.05 bits per heavy atom. The number of nitrogens with zero attached hydrogens (tertiary/aromatic N) is 1. The van der Waals surface area contributed by atoms with Crippen LogP contribution in [0.5, 0.6) is 17.4 Å². The number of carbonyl (C=O) groups excluding carboxylic acids is 1. The molecule has 2 aromatic rings. The fourth-order valence-electron chi connectivity index (χ4n) is 3.37. The van der Waals surface area contributed by atoms with E-state index < -0.39 is 27.9 Å². The lowest BCUT2D eigenvalue weighted by Gasteiger charge is -2.15. The summed E-state index contributed by atoms with van der Waals surface area (Å²) in [5.74, 6) is -0.773. The van der Waals surface area contributed by atoms with Crippen LogP contribution in [0.1, 0.15) is 44.7 Å². The largest absolute Gasteiger partial charge is 0.491 e. The van der Waals surface area contributed by atoms with Crippen molar-refractivity contribution in [2.24, 2.45) is 0 Å². The van der Waals surface area contributed by atoms with Crippen molar-refractivity contribution in [1.29, 1.82) is 0 Å². The number of hydrogen-bond donors (Lipinski definition) is 2. The molecule has 1 fully saturated rings. The van der Waals surface area contributed by atoms with Crippen LogP contribution in [0.4, 0.5) is 13.2 Å². The SMILES string of the molecule is CC(=Cc1ccc(OC(C)C)cc1Oc1ncc(C(F)(F)F)cc1Cl)C(=O)NS(=O)(=O)NCC1CCCO1. The van der Waals surface area contributed by atoms with E-state index in [-0.39, 0.29) is 46.5 Å². The Labute approximate surface area is 223 Å². The first-order valence-corrected chi connectivity index (χ1v) is 13.4. The average molecular weight is 578 g/mol. The number of halogens is 4. The third-order valence-corrected chi connectivity index (χ3v) is 6.45. The van der Waals surface area contributed by atoms with Crippen molar-refractivity contribution >= 4 is 33.8 Å². The van der Waals surface area contributed by atoms with E-state index in [1.54, 1.807) is 19.9 Å². The van der Waals surface area contributed by atoms with Crippen LogP contribution in [0.25, 0.3) is 6.08 Å². The van der Waals surface area contributed by atoms with Crippen molar-refractivity contribution in [1.82, 2.24) is 14.4 Å². The number of alkyl halides is 3. The molecule has 1 amide bonds. The number of pyridine rings is 1. The van der Waals surface area contributed by atoms with Crippen molar-refractivity contribution in [2.45, 2.75) is 52.0 Å². The zero-order chi connectivity index (χ0) is 28.1. The summed E-state index contributed by atoms with van der Waals surface area (Å²) < 4.78 is 84.4. The molecule has 0 radical (unpaired) electrons. The van der Waals surface area contributed by atoms with E-state index in [0.29, 0.717) is 31.0 Å². The van der Waals surface area contributed by atoms with E-state index in [2.05, 4.69) is 9.71 Å². The molecule has 1 aromatic carbocycles. The molecule has 208 valence electrons. The highest BCUT2D eigenvalue weighted by Gasteiger charge is 2.32. The number of carbonyl (C=O) groups is 1. The van der Waals surface area contributed by atoms with Crippen LogP contribution >= 0.6 is 11.6 Å². The highest BCUT2D eigenvalue weighted by Crippen LogP contribution is 2.37. The Morgan fingerprint density at radius 3 is 2.66 bits per heavy atom. The summed E-state index contributed by atoms with van der Waals surface area (Å²) in [6, 6.07) is 5.26. The number of ether oxygens (including phenoxy) is 3. The maximum absolute atomic E-state index is 13.0. The summed E-state index contributed by atoms with van der Waals surface area (Å²) in [6.45, 7) is 5.56. The Balaban J connectivity index is 1.83. The van der Waals surface area contributed by atoms with Crippen molar-refractivity contribution < 1.29 is 40.6 Å². The first-order valence-electron chi connectivity index (χ1n) is 11.6. The second-order valence-corrected chi connectivity index (χ2v) is 10.6. The van der Waals surface area contributed by atoms with Crippen LogP contribution in [0.3, 0.4) is 0 Å². The van der Waals surface area contributed by atoms with E-state index >= 15 is 0 Å². The quantitative estimate of drug-likeness (QED) is 0.387. The summed E-state index contributed by atoms with van der Waals surface area (Å²) in [5.41, 5.74) is -0.758. The molecular weight excluding hydrogens is 551 g/mol. The minimum atomic E-state index is -4.64. The molecule has 1 saturated heterocycles. The average Bonchev–Trinajstić information content (AvgIpc) is 3.33. The molecule has 1 aromatic heterocycles. The minimum absolute atomic E-state index is 0.00125. The molecule has 1 aliphatic heterocycles. The van der Waals surface area contributed by atoms with Crippen molar-refractivity contribution in [3.63, 3.8) is 0 Å². The first kappa shape index (κ1) is 29.7. The van der Waals surface area contributed by atoms with Crippen molar-refractivity contribution in [2.75, 3.05) is 13.2 Å². The van der Waals surface area contributed by atoms with Crippen LogP contribution in [0.15, 0.2) is 36.0 Å². The van der Waals surface area contributed by atoms with E-state index in [1.165, 1.54) is 25.1 Å². The van der Waals surface area contributed by atoms with Gasteiger partial charge in [0.1, 0.15) is 16.5 Å². The summed E-state index contributed by atoms with van der Waals surface area (Å²) in [6.07, 6.45) is -1.62. The molecule has 2 heterocycles. The van der Waals surface area contributed by atoms with Gasteiger partial charge in [0.25, 0.3) is 5.91 Å². The highest BCUT2D eigenvalue weighted by molar-refractivity contribution is 7.88. The lowest BCUT2D eigenvalue weighted by atomic mass is 10.1. The molecule has 2 N–H and O–H groups in total. The van der Waals surface area contributed by atoms with Crippen molar-refractivity contribution in [3.05, 3.63) is 52.2 Å². The number of benzene rings is 1. The van der Waals surface area contributed by atoms with Crippen LogP contribution in [-0.4, -0.2) is 44.7 Å². The molecule has 9 nitrogen and oxygen atoms in total. The number of amides is 1. The lowest BCUT2D eigenvalue weighted by Crippen LogP contribution is -2.43. The van der Waals surface area contributed by atoms with Crippen LogP contribution in [0, 0.1) is 0 Å². The molecule has 0 saturated carbocycles. The van der Waals surface area contributed by atoms with Gasteiger partial charge < -0.3 is 14.2 Å². The fraction of sp³-hybridized carbons (Fsp3) is 0.417. The Kier molecular flexibility index (Phi) is 9.63.